The van der Waals surface area contributed by atoms with Gasteiger partial charge in [0.05, 0.1) is 6.42 Å². The van der Waals surface area contributed by atoms with Crippen LogP contribution in [0.15, 0.2) is 53.6 Å². The van der Waals surface area contributed by atoms with Gasteiger partial charge in [-0.25, -0.2) is 0 Å². The van der Waals surface area contributed by atoms with Crippen molar-refractivity contribution in [3.8, 4) is 0 Å². The van der Waals surface area contributed by atoms with E-state index < -0.39 is 0 Å². The summed E-state index contributed by atoms with van der Waals surface area (Å²) in [6.45, 7) is 0. The van der Waals surface area contributed by atoms with Gasteiger partial charge in [-0.05, 0) is 54.6 Å². The van der Waals surface area contributed by atoms with Gasteiger partial charge in [-0.2, -0.15) is 0 Å². The Balaban J connectivity index is 1.59. The third-order valence-electron chi connectivity index (χ3n) is 4.53. The number of hydrogen-bond donors (Lipinski definition) is 2. The van der Waals surface area contributed by atoms with Gasteiger partial charge >= 0.3 is 0 Å². The summed E-state index contributed by atoms with van der Waals surface area (Å²) < 4.78 is 0. The van der Waals surface area contributed by atoms with Crippen LogP contribution in [0.4, 0.5) is 5.69 Å². The fraction of sp³-hybridized carbons (Fsp3) is 0.200. The summed E-state index contributed by atoms with van der Waals surface area (Å²) in [5.74, 6) is 0.470. The minimum Gasteiger partial charge on any atom is -0.326 e. The maximum atomic E-state index is 12.4. The molecule has 3 aromatic rings. The van der Waals surface area contributed by atoms with Crippen molar-refractivity contribution in [3.05, 3.63) is 64.9 Å². The molecule has 1 aliphatic carbocycles. The van der Waals surface area contributed by atoms with Crippen LogP contribution >= 0.6 is 23.5 Å². The third-order valence-corrected chi connectivity index (χ3v) is 5.49. The smallest absolute Gasteiger partial charge is 0.228 e. The minimum absolute atomic E-state index is 0.118. The number of rotatable bonds is 5. The zero-order chi connectivity index (χ0) is 18.1. The van der Waals surface area contributed by atoms with Crippen molar-refractivity contribution in [2.45, 2.75) is 30.1 Å². The molecule has 26 heavy (non-hydrogen) atoms. The molecule has 0 atom stereocenters. The van der Waals surface area contributed by atoms with E-state index >= 15 is 0 Å². The lowest BCUT2D eigenvalue weighted by Gasteiger charge is -2.11. The van der Waals surface area contributed by atoms with Crippen LogP contribution < -0.4 is 10.5 Å². The molecule has 0 saturated heterocycles. The number of anilines is 1. The highest BCUT2D eigenvalue weighted by molar-refractivity contribution is 7.97. The molecule has 1 saturated carbocycles. The summed E-state index contributed by atoms with van der Waals surface area (Å²) in [6.07, 6.45) is 4.51. The summed E-state index contributed by atoms with van der Waals surface area (Å²) in [6, 6.07) is 13.3. The molecule has 1 amide bonds. The second-order valence-corrected chi connectivity index (χ2v) is 7.60. The van der Waals surface area contributed by atoms with E-state index in [2.05, 4.69) is 16.4 Å². The monoisotopic (exact) mass is 383 g/mol. The second kappa shape index (κ2) is 7.27. The summed E-state index contributed by atoms with van der Waals surface area (Å²) in [4.78, 5) is 17.9. The number of aromatic nitrogens is 1. The molecule has 0 aliphatic heterocycles. The quantitative estimate of drug-likeness (QED) is 0.614. The Kier molecular flexibility index (Phi) is 4.85. The van der Waals surface area contributed by atoms with E-state index in [1.54, 1.807) is 6.07 Å². The molecule has 0 radical (unpaired) electrons. The van der Waals surface area contributed by atoms with Crippen LogP contribution in [0, 0.1) is 0 Å². The molecule has 6 heteroatoms. The molecule has 132 valence electrons. The molecule has 1 fully saturated rings. The number of nitrogens with zero attached hydrogens (tertiary/aromatic N) is 1. The first-order valence-electron chi connectivity index (χ1n) is 8.48. The van der Waals surface area contributed by atoms with Gasteiger partial charge < -0.3 is 5.32 Å². The van der Waals surface area contributed by atoms with Crippen molar-refractivity contribution in [2.24, 2.45) is 5.14 Å². The molecular weight excluding hydrogens is 366 g/mol. The van der Waals surface area contributed by atoms with Crippen molar-refractivity contribution < 1.29 is 4.79 Å². The van der Waals surface area contributed by atoms with Crippen molar-refractivity contribution in [3.63, 3.8) is 0 Å². The number of pyridine rings is 1. The van der Waals surface area contributed by atoms with Crippen LogP contribution in [0.1, 0.15) is 30.0 Å². The molecule has 0 unspecified atom stereocenters. The Morgan fingerprint density at radius 2 is 2.08 bits per heavy atom. The Morgan fingerprint density at radius 3 is 2.81 bits per heavy atom. The summed E-state index contributed by atoms with van der Waals surface area (Å²) in [7, 11) is 0. The van der Waals surface area contributed by atoms with Gasteiger partial charge in [-0.15, -0.1) is 0 Å². The predicted molar refractivity (Wildman–Crippen MR) is 108 cm³/mol. The first kappa shape index (κ1) is 17.3. The number of nitrogens with two attached hydrogens (primary N) is 1. The van der Waals surface area contributed by atoms with E-state index in [0.717, 1.165) is 26.9 Å². The van der Waals surface area contributed by atoms with Crippen LogP contribution in [0.3, 0.4) is 0 Å². The fourth-order valence-electron chi connectivity index (χ4n) is 3.03. The van der Waals surface area contributed by atoms with Gasteiger partial charge in [-0.3, -0.25) is 14.9 Å². The van der Waals surface area contributed by atoms with Gasteiger partial charge in [0.2, 0.25) is 5.91 Å². The van der Waals surface area contributed by atoms with E-state index in [4.69, 9.17) is 16.7 Å². The summed E-state index contributed by atoms with van der Waals surface area (Å²) in [5, 5.41) is 11.5. The lowest BCUT2D eigenvalue weighted by Crippen LogP contribution is -2.14. The van der Waals surface area contributed by atoms with Gasteiger partial charge in [0.15, 0.2) is 0 Å². The number of amides is 1. The number of benzene rings is 2. The van der Waals surface area contributed by atoms with Crippen LogP contribution in [-0.4, -0.2) is 10.9 Å². The molecule has 1 heterocycles. The normalized spacial score (nSPS) is 13.8. The van der Waals surface area contributed by atoms with E-state index in [9.17, 15) is 4.79 Å². The van der Waals surface area contributed by atoms with Crippen molar-refractivity contribution >= 4 is 45.9 Å². The highest BCUT2D eigenvalue weighted by Crippen LogP contribution is 2.40. The second-order valence-electron chi connectivity index (χ2n) is 6.51. The molecule has 1 aliphatic rings. The largest absolute Gasteiger partial charge is 0.326 e. The topological polar surface area (TPSA) is 68.0 Å². The molecule has 2 aromatic carbocycles. The molecule has 3 N–H and O–H groups in total. The van der Waals surface area contributed by atoms with Crippen molar-refractivity contribution in [1.29, 1.82) is 0 Å². The Hall–Kier alpha value is -2.08. The van der Waals surface area contributed by atoms with E-state index in [1.165, 1.54) is 24.8 Å². The number of fused-ring (bicyclic) bond motifs is 1. The number of carbonyl (C=O) groups is 1. The molecule has 1 aromatic heterocycles. The average molecular weight is 384 g/mol. The highest BCUT2D eigenvalue weighted by Gasteiger charge is 2.25. The molecule has 4 rings (SSSR count). The van der Waals surface area contributed by atoms with Crippen LogP contribution in [0.25, 0.3) is 10.8 Å². The standard InChI is InChI=1S/C20H18ClN3OS/c21-17-4-2-1-3-13(17)8-20(25)24-15-7-14-11-23-18(12-5-6-12)10-16(14)19(9-15)26-22/h1-4,7,9-12H,5-6,8,22H2,(H,24,25). The molecule has 0 spiro atoms. The number of nitrogens with one attached hydrogen (secondary N) is 1. The Morgan fingerprint density at radius 1 is 1.27 bits per heavy atom. The van der Waals surface area contributed by atoms with Crippen LogP contribution in [0.2, 0.25) is 5.02 Å². The number of carbonyl (C=O) groups excluding carboxylic acids is 1. The highest BCUT2D eigenvalue weighted by atomic mass is 35.5. The van der Waals surface area contributed by atoms with E-state index in [1.807, 2.05) is 36.5 Å². The third kappa shape index (κ3) is 3.70. The van der Waals surface area contributed by atoms with Crippen LogP contribution in [0.5, 0.6) is 0 Å². The molecular formula is C20H18ClN3OS. The SMILES string of the molecule is NSc1cc(NC(=O)Cc2ccccc2Cl)cc2cnc(C3CC3)cc12. The fourth-order valence-corrected chi connectivity index (χ4v) is 3.73. The first-order chi connectivity index (χ1) is 12.6. The maximum absolute atomic E-state index is 12.4. The summed E-state index contributed by atoms with van der Waals surface area (Å²) in [5.41, 5.74) is 2.64. The van der Waals surface area contributed by atoms with Gasteiger partial charge in [0.25, 0.3) is 0 Å². The predicted octanol–water partition coefficient (Wildman–Crippen LogP) is 4.91. The van der Waals surface area contributed by atoms with E-state index in [0.29, 0.717) is 16.6 Å². The summed E-state index contributed by atoms with van der Waals surface area (Å²) >= 11 is 7.32. The lowest BCUT2D eigenvalue weighted by molar-refractivity contribution is -0.115. The maximum Gasteiger partial charge on any atom is 0.228 e. The lowest BCUT2D eigenvalue weighted by atomic mass is 10.1. The van der Waals surface area contributed by atoms with Crippen molar-refractivity contribution in [1.82, 2.24) is 4.98 Å². The van der Waals surface area contributed by atoms with Gasteiger partial charge in [0.1, 0.15) is 0 Å². The zero-order valence-corrected chi connectivity index (χ0v) is 15.6. The van der Waals surface area contributed by atoms with E-state index in [-0.39, 0.29) is 12.3 Å². The number of hydrogen-bond acceptors (Lipinski definition) is 4. The first-order valence-corrected chi connectivity index (χ1v) is 9.73. The molecule has 0 bridgehead atoms. The molecule has 4 nitrogen and oxygen atoms in total. The van der Waals surface area contributed by atoms with Gasteiger partial charge in [0, 0.05) is 44.2 Å². The zero-order valence-electron chi connectivity index (χ0n) is 14.0. The minimum atomic E-state index is -0.118. The number of halogens is 1. The van der Waals surface area contributed by atoms with Crippen molar-refractivity contribution in [2.75, 3.05) is 5.32 Å². The average Bonchev–Trinajstić information content (AvgIpc) is 3.48. The Labute approximate surface area is 161 Å². The van der Waals surface area contributed by atoms with Gasteiger partial charge in [-0.1, -0.05) is 29.8 Å². The Bertz CT molecular complexity index is 988. The van der Waals surface area contributed by atoms with Crippen LogP contribution in [-0.2, 0) is 11.2 Å².